The molecule has 0 radical (unpaired) electrons. The summed E-state index contributed by atoms with van der Waals surface area (Å²) in [6, 6.07) is 0. The highest BCUT2D eigenvalue weighted by Crippen LogP contribution is 2.30. The second-order valence-electron chi connectivity index (χ2n) is 3.75. The van der Waals surface area contributed by atoms with Crippen molar-refractivity contribution < 1.29 is 19.0 Å². The molecule has 86 valence electrons. The Balaban J connectivity index is 2.91. The Morgan fingerprint density at radius 1 is 1.80 bits per heavy atom. The van der Waals surface area contributed by atoms with E-state index in [1.54, 1.807) is 20.8 Å². The predicted octanol–water partition coefficient (Wildman–Crippen LogP) is 1.07. The van der Waals surface area contributed by atoms with Crippen molar-refractivity contribution in [2.75, 3.05) is 6.61 Å². The van der Waals surface area contributed by atoms with E-state index in [0.717, 1.165) is 0 Å². The maximum atomic E-state index is 13.3. The van der Waals surface area contributed by atoms with Crippen LogP contribution in [0.1, 0.15) is 27.2 Å². The normalized spacial score (nSPS) is 31.1. The van der Waals surface area contributed by atoms with Crippen LogP contribution < -0.4 is 5.32 Å². The van der Waals surface area contributed by atoms with E-state index >= 15 is 0 Å². The molecule has 0 saturated heterocycles. The number of carbonyl (C=O) groups excluding carboxylic acids is 1. The van der Waals surface area contributed by atoms with Gasteiger partial charge in [-0.15, -0.1) is 0 Å². The Morgan fingerprint density at radius 2 is 2.40 bits per heavy atom. The highest BCUT2D eigenvalue weighted by molar-refractivity contribution is 5.90. The molecule has 2 atom stereocenters. The van der Waals surface area contributed by atoms with Crippen LogP contribution in [0, 0.1) is 5.92 Å². The van der Waals surface area contributed by atoms with Gasteiger partial charge < -0.3 is 15.2 Å². The van der Waals surface area contributed by atoms with Crippen LogP contribution in [0.3, 0.4) is 0 Å². The maximum Gasteiger partial charge on any atom is 0.336 e. The molecule has 2 unspecified atom stereocenters. The summed E-state index contributed by atoms with van der Waals surface area (Å²) in [7, 11) is 0. The molecule has 0 saturated carbocycles. The summed E-state index contributed by atoms with van der Waals surface area (Å²) < 4.78 is 18.1. The van der Waals surface area contributed by atoms with Gasteiger partial charge >= 0.3 is 5.97 Å². The molecule has 1 aliphatic heterocycles. The maximum absolute atomic E-state index is 13.3. The van der Waals surface area contributed by atoms with Crippen LogP contribution in [-0.4, -0.2) is 23.7 Å². The van der Waals surface area contributed by atoms with Gasteiger partial charge in [-0.2, -0.15) is 4.39 Å². The van der Waals surface area contributed by atoms with Gasteiger partial charge in [-0.3, -0.25) is 0 Å². The molecule has 1 rings (SSSR count). The summed E-state index contributed by atoms with van der Waals surface area (Å²) in [5.74, 6) is -3.25. The van der Waals surface area contributed by atoms with E-state index in [1.165, 1.54) is 0 Å². The van der Waals surface area contributed by atoms with Crippen LogP contribution in [0.15, 0.2) is 11.3 Å². The number of allylic oxidation sites excluding steroid dienone is 1. The zero-order valence-electron chi connectivity index (χ0n) is 9.13. The predicted molar refractivity (Wildman–Crippen MR) is 52.3 cm³/mol. The number of nitrogens with one attached hydrogen (secondary N) is 1. The molecule has 2 N–H and O–H groups in total. The average molecular weight is 217 g/mol. The molecule has 0 spiro atoms. The van der Waals surface area contributed by atoms with Gasteiger partial charge in [0.1, 0.15) is 0 Å². The molecule has 5 heteroatoms. The Labute approximate surface area is 88.1 Å². The van der Waals surface area contributed by atoms with Crippen molar-refractivity contribution in [3.63, 3.8) is 0 Å². The SMILES string of the molecule is CCOC(=O)C1=C(C)NC(O)(F)CC1C. The lowest BCUT2D eigenvalue weighted by molar-refractivity contribution is -0.144. The van der Waals surface area contributed by atoms with Crippen molar-refractivity contribution in [3.8, 4) is 0 Å². The first-order valence-electron chi connectivity index (χ1n) is 4.94. The first-order valence-corrected chi connectivity index (χ1v) is 4.94. The highest BCUT2D eigenvalue weighted by Gasteiger charge is 2.38. The fourth-order valence-electron chi connectivity index (χ4n) is 1.85. The van der Waals surface area contributed by atoms with Crippen LogP contribution in [0.25, 0.3) is 0 Å². The summed E-state index contributed by atoms with van der Waals surface area (Å²) in [6.07, 6.45) is -0.154. The largest absolute Gasteiger partial charge is 0.463 e. The van der Waals surface area contributed by atoms with E-state index in [-0.39, 0.29) is 18.9 Å². The van der Waals surface area contributed by atoms with E-state index in [0.29, 0.717) is 11.3 Å². The zero-order chi connectivity index (χ0) is 11.6. The van der Waals surface area contributed by atoms with E-state index in [1.807, 2.05) is 0 Å². The Hall–Kier alpha value is -1.10. The average Bonchev–Trinajstić information content (AvgIpc) is 1.99. The minimum Gasteiger partial charge on any atom is -0.463 e. The molecule has 1 aliphatic rings. The Kier molecular flexibility index (Phi) is 3.34. The molecule has 0 aromatic rings. The second kappa shape index (κ2) is 4.18. The molecule has 1 heterocycles. The minimum absolute atomic E-state index is 0.154. The van der Waals surface area contributed by atoms with E-state index in [2.05, 4.69) is 5.32 Å². The van der Waals surface area contributed by atoms with Crippen molar-refractivity contribution in [3.05, 3.63) is 11.3 Å². The van der Waals surface area contributed by atoms with Gasteiger partial charge in [0.2, 0.25) is 0 Å². The van der Waals surface area contributed by atoms with Gasteiger partial charge in [-0.05, 0) is 19.8 Å². The fraction of sp³-hybridized carbons (Fsp3) is 0.700. The quantitative estimate of drug-likeness (QED) is 0.536. The van der Waals surface area contributed by atoms with Crippen LogP contribution in [0.4, 0.5) is 4.39 Å². The number of aliphatic hydroxyl groups is 1. The fourth-order valence-corrected chi connectivity index (χ4v) is 1.85. The highest BCUT2D eigenvalue weighted by atomic mass is 19.2. The minimum atomic E-state index is -2.43. The number of alkyl halides is 1. The molecular formula is C10H16FNO3. The molecule has 0 aliphatic carbocycles. The number of ether oxygens (including phenoxy) is 1. The monoisotopic (exact) mass is 217 g/mol. The lowest BCUT2D eigenvalue weighted by atomic mass is 9.91. The molecule has 0 aromatic heterocycles. The third-order valence-electron chi connectivity index (χ3n) is 2.35. The van der Waals surface area contributed by atoms with E-state index in [9.17, 15) is 14.3 Å². The van der Waals surface area contributed by atoms with Crippen LogP contribution in [-0.2, 0) is 9.53 Å². The smallest absolute Gasteiger partial charge is 0.336 e. The summed E-state index contributed by atoms with van der Waals surface area (Å²) in [6.45, 7) is 5.22. The van der Waals surface area contributed by atoms with Crippen molar-refractivity contribution in [1.82, 2.24) is 5.32 Å². The summed E-state index contributed by atoms with van der Waals surface area (Å²) >= 11 is 0. The molecule has 15 heavy (non-hydrogen) atoms. The lowest BCUT2D eigenvalue weighted by Crippen LogP contribution is -2.46. The van der Waals surface area contributed by atoms with Gasteiger partial charge in [0.15, 0.2) is 0 Å². The number of hydrogen-bond donors (Lipinski definition) is 2. The third-order valence-corrected chi connectivity index (χ3v) is 2.35. The number of carbonyl (C=O) groups is 1. The molecule has 0 fully saturated rings. The zero-order valence-corrected chi connectivity index (χ0v) is 9.13. The van der Waals surface area contributed by atoms with Gasteiger partial charge in [0.25, 0.3) is 5.98 Å². The number of rotatable bonds is 2. The van der Waals surface area contributed by atoms with Gasteiger partial charge in [0.05, 0.1) is 12.2 Å². The summed E-state index contributed by atoms with van der Waals surface area (Å²) in [4.78, 5) is 11.5. The van der Waals surface area contributed by atoms with E-state index < -0.39 is 11.9 Å². The molecule has 0 bridgehead atoms. The summed E-state index contributed by atoms with van der Waals surface area (Å²) in [5.41, 5.74) is 0.733. The Bertz CT molecular complexity index is 299. The first-order chi connectivity index (χ1) is 6.87. The lowest BCUT2D eigenvalue weighted by Gasteiger charge is -2.32. The molecule has 4 nitrogen and oxygen atoms in total. The van der Waals surface area contributed by atoms with Gasteiger partial charge in [-0.25, -0.2) is 4.79 Å². The molecular weight excluding hydrogens is 201 g/mol. The number of esters is 1. The molecule has 0 aromatic carbocycles. The topological polar surface area (TPSA) is 58.6 Å². The van der Waals surface area contributed by atoms with Crippen molar-refractivity contribution in [2.45, 2.75) is 33.2 Å². The van der Waals surface area contributed by atoms with E-state index in [4.69, 9.17) is 4.74 Å². The second-order valence-corrected chi connectivity index (χ2v) is 3.75. The summed E-state index contributed by atoms with van der Waals surface area (Å²) in [5, 5.41) is 11.4. The number of halogens is 1. The molecule has 0 amide bonds. The van der Waals surface area contributed by atoms with Crippen LogP contribution in [0.2, 0.25) is 0 Å². The van der Waals surface area contributed by atoms with Crippen LogP contribution in [0.5, 0.6) is 0 Å². The van der Waals surface area contributed by atoms with Crippen LogP contribution >= 0.6 is 0 Å². The third kappa shape index (κ3) is 2.68. The van der Waals surface area contributed by atoms with Gasteiger partial charge in [-0.1, -0.05) is 6.92 Å². The van der Waals surface area contributed by atoms with Crippen molar-refractivity contribution in [1.29, 1.82) is 0 Å². The standard InChI is InChI=1S/C10H16FNO3/c1-4-15-9(13)8-6(2)5-10(11,14)12-7(8)3/h6,12,14H,4-5H2,1-3H3. The Morgan fingerprint density at radius 3 is 2.87 bits per heavy atom. The van der Waals surface area contributed by atoms with Crippen molar-refractivity contribution in [2.24, 2.45) is 5.92 Å². The number of hydrogen-bond acceptors (Lipinski definition) is 4. The first kappa shape index (κ1) is 12.0. The van der Waals surface area contributed by atoms with Gasteiger partial charge in [0, 0.05) is 12.1 Å². The van der Waals surface area contributed by atoms with Crippen molar-refractivity contribution >= 4 is 5.97 Å².